The summed E-state index contributed by atoms with van der Waals surface area (Å²) in [7, 11) is 0. The summed E-state index contributed by atoms with van der Waals surface area (Å²) in [6.07, 6.45) is 4.10. The largest absolute Gasteiger partial charge is 0.441 e. The van der Waals surface area contributed by atoms with Gasteiger partial charge in [0.05, 0.1) is 28.3 Å². The number of rotatable bonds is 14. The highest BCUT2D eigenvalue weighted by Gasteiger charge is 2.48. The van der Waals surface area contributed by atoms with E-state index in [4.69, 9.17) is 4.74 Å². The first-order valence-electron chi connectivity index (χ1n) is 14.2. The van der Waals surface area contributed by atoms with Gasteiger partial charge in [-0.3, -0.25) is 0 Å². The standard InChI is InChI=1S/C32H42N4O2/c1-5-17-33-27-15-13-23(21-29(27)35-19-7-3)32(26-12-10-9-11-25(26)31(37)38-32)24-14-16-28(34-18-6-2)30(22-24)36-20-8-4/h9-16,21-22,33-36H,5-8,17-20H2,1-4H3. The lowest BCUT2D eigenvalue weighted by molar-refractivity contribution is 0.0252. The maximum Gasteiger partial charge on any atom is 0.340 e. The number of anilines is 4. The molecule has 3 aromatic carbocycles. The maximum atomic E-state index is 13.3. The quantitative estimate of drug-likeness (QED) is 0.168. The highest BCUT2D eigenvalue weighted by Crippen LogP contribution is 2.49. The number of carbonyl (C=O) groups is 1. The number of carbonyl (C=O) groups excluding carboxylic acids is 1. The molecule has 4 rings (SSSR count). The molecule has 1 aliphatic heterocycles. The first kappa shape index (κ1) is 27.4. The molecule has 38 heavy (non-hydrogen) atoms. The normalized spacial score (nSPS) is 13.5. The number of nitrogens with one attached hydrogen (secondary N) is 4. The lowest BCUT2D eigenvalue weighted by atomic mass is 9.79. The van der Waals surface area contributed by atoms with Crippen molar-refractivity contribution in [2.45, 2.75) is 59.0 Å². The molecule has 0 aromatic heterocycles. The van der Waals surface area contributed by atoms with Gasteiger partial charge in [-0.1, -0.05) is 58.0 Å². The van der Waals surface area contributed by atoms with Crippen molar-refractivity contribution in [3.8, 4) is 0 Å². The molecule has 1 aliphatic rings. The smallest absolute Gasteiger partial charge is 0.340 e. The fraction of sp³-hybridized carbons (Fsp3) is 0.406. The molecule has 0 aliphatic carbocycles. The summed E-state index contributed by atoms with van der Waals surface area (Å²) < 4.78 is 6.42. The van der Waals surface area contributed by atoms with E-state index in [0.717, 1.165) is 91.3 Å². The minimum Gasteiger partial charge on any atom is -0.441 e. The zero-order valence-electron chi connectivity index (χ0n) is 23.2. The molecule has 0 spiro atoms. The molecule has 3 aromatic rings. The van der Waals surface area contributed by atoms with Crippen LogP contribution in [0.4, 0.5) is 22.7 Å². The van der Waals surface area contributed by atoms with Crippen LogP contribution in [0.25, 0.3) is 0 Å². The second-order valence-corrected chi connectivity index (χ2v) is 9.84. The zero-order valence-corrected chi connectivity index (χ0v) is 23.2. The van der Waals surface area contributed by atoms with Crippen LogP contribution in [0.2, 0.25) is 0 Å². The van der Waals surface area contributed by atoms with Crippen LogP contribution in [0, 0.1) is 0 Å². The summed E-state index contributed by atoms with van der Waals surface area (Å²) in [5.41, 5.74) is 6.43. The van der Waals surface area contributed by atoms with Crippen molar-refractivity contribution in [1.82, 2.24) is 0 Å². The Balaban J connectivity index is 1.91. The molecule has 0 bridgehead atoms. The van der Waals surface area contributed by atoms with Crippen molar-refractivity contribution in [3.05, 3.63) is 82.9 Å². The van der Waals surface area contributed by atoms with Crippen LogP contribution < -0.4 is 21.3 Å². The highest BCUT2D eigenvalue weighted by molar-refractivity contribution is 5.96. The Morgan fingerprint density at radius 2 is 1.05 bits per heavy atom. The molecular weight excluding hydrogens is 472 g/mol. The Hall–Kier alpha value is -3.67. The topological polar surface area (TPSA) is 74.4 Å². The molecule has 0 atom stereocenters. The van der Waals surface area contributed by atoms with Crippen LogP contribution in [0.5, 0.6) is 0 Å². The molecule has 0 amide bonds. The van der Waals surface area contributed by atoms with E-state index in [-0.39, 0.29) is 5.97 Å². The molecular formula is C32H42N4O2. The minimum atomic E-state index is -1.05. The second kappa shape index (κ2) is 12.7. The van der Waals surface area contributed by atoms with Crippen LogP contribution in [0.1, 0.15) is 80.4 Å². The Labute approximate surface area is 227 Å². The lowest BCUT2D eigenvalue weighted by Gasteiger charge is -2.32. The van der Waals surface area contributed by atoms with Gasteiger partial charge in [-0.2, -0.15) is 0 Å². The SMILES string of the molecule is CCCNc1ccc(C2(c3ccc(NCCC)c(NCCC)c3)OC(=O)c3ccccc32)cc1NCCC. The molecule has 6 nitrogen and oxygen atoms in total. The number of cyclic esters (lactones) is 1. The summed E-state index contributed by atoms with van der Waals surface area (Å²) in [4.78, 5) is 13.3. The third-order valence-corrected chi connectivity index (χ3v) is 6.89. The van der Waals surface area contributed by atoms with Gasteiger partial charge in [-0.05, 0) is 56.0 Å². The van der Waals surface area contributed by atoms with Gasteiger partial charge < -0.3 is 26.0 Å². The van der Waals surface area contributed by atoms with Crippen molar-refractivity contribution in [2.75, 3.05) is 47.4 Å². The van der Waals surface area contributed by atoms with E-state index in [1.54, 1.807) is 0 Å². The van der Waals surface area contributed by atoms with Gasteiger partial charge in [0.15, 0.2) is 5.60 Å². The van der Waals surface area contributed by atoms with Crippen LogP contribution in [0.3, 0.4) is 0 Å². The molecule has 4 N–H and O–H groups in total. The average Bonchev–Trinajstić information content (AvgIpc) is 3.26. The van der Waals surface area contributed by atoms with E-state index < -0.39 is 5.60 Å². The molecule has 0 saturated heterocycles. The Morgan fingerprint density at radius 1 is 0.605 bits per heavy atom. The van der Waals surface area contributed by atoms with Crippen LogP contribution in [0.15, 0.2) is 60.7 Å². The first-order valence-corrected chi connectivity index (χ1v) is 14.2. The van der Waals surface area contributed by atoms with Gasteiger partial charge in [0.25, 0.3) is 0 Å². The number of hydrogen-bond acceptors (Lipinski definition) is 6. The van der Waals surface area contributed by atoms with Crippen molar-refractivity contribution in [3.63, 3.8) is 0 Å². The molecule has 0 unspecified atom stereocenters. The van der Waals surface area contributed by atoms with E-state index in [0.29, 0.717) is 5.56 Å². The average molecular weight is 515 g/mol. The summed E-state index contributed by atoms with van der Waals surface area (Å²) >= 11 is 0. The van der Waals surface area contributed by atoms with Crippen LogP contribution in [-0.2, 0) is 10.3 Å². The van der Waals surface area contributed by atoms with E-state index in [2.05, 4.69) is 85.4 Å². The van der Waals surface area contributed by atoms with E-state index in [9.17, 15) is 4.79 Å². The summed E-state index contributed by atoms with van der Waals surface area (Å²) in [6.45, 7) is 12.1. The van der Waals surface area contributed by atoms with Gasteiger partial charge in [-0.15, -0.1) is 0 Å². The van der Waals surface area contributed by atoms with Crippen LogP contribution >= 0.6 is 0 Å². The molecule has 0 fully saturated rings. The summed E-state index contributed by atoms with van der Waals surface area (Å²) in [5.74, 6) is -0.298. The van der Waals surface area contributed by atoms with Gasteiger partial charge in [0, 0.05) is 42.9 Å². The minimum absolute atomic E-state index is 0.298. The zero-order chi connectivity index (χ0) is 27.0. The molecule has 202 valence electrons. The molecule has 0 saturated carbocycles. The number of benzene rings is 3. The molecule has 0 radical (unpaired) electrons. The lowest BCUT2D eigenvalue weighted by Crippen LogP contribution is -2.30. The number of ether oxygens (including phenoxy) is 1. The second-order valence-electron chi connectivity index (χ2n) is 9.84. The van der Waals surface area contributed by atoms with Gasteiger partial charge >= 0.3 is 5.97 Å². The fourth-order valence-corrected chi connectivity index (χ4v) is 4.98. The van der Waals surface area contributed by atoms with Gasteiger partial charge in [-0.25, -0.2) is 4.79 Å². The first-order chi connectivity index (χ1) is 18.6. The Kier molecular flexibility index (Phi) is 9.16. The maximum absolute atomic E-state index is 13.3. The van der Waals surface area contributed by atoms with Gasteiger partial charge in [0.2, 0.25) is 0 Å². The Bertz CT molecular complexity index is 1180. The monoisotopic (exact) mass is 514 g/mol. The van der Waals surface area contributed by atoms with E-state index >= 15 is 0 Å². The van der Waals surface area contributed by atoms with Crippen molar-refractivity contribution < 1.29 is 9.53 Å². The van der Waals surface area contributed by atoms with Crippen molar-refractivity contribution in [1.29, 1.82) is 0 Å². The number of esters is 1. The number of fused-ring (bicyclic) bond motifs is 1. The van der Waals surface area contributed by atoms with Crippen molar-refractivity contribution in [2.24, 2.45) is 0 Å². The summed E-state index contributed by atoms with van der Waals surface area (Å²) in [6, 6.07) is 20.4. The van der Waals surface area contributed by atoms with Crippen LogP contribution in [-0.4, -0.2) is 32.1 Å². The van der Waals surface area contributed by atoms with E-state index in [1.807, 2.05) is 24.3 Å². The third kappa shape index (κ3) is 5.45. The Morgan fingerprint density at radius 3 is 1.53 bits per heavy atom. The predicted octanol–water partition coefficient (Wildman–Crippen LogP) is 7.44. The van der Waals surface area contributed by atoms with Crippen molar-refractivity contribution >= 4 is 28.7 Å². The molecule has 1 heterocycles. The molecule has 6 heteroatoms. The highest BCUT2D eigenvalue weighted by atomic mass is 16.6. The predicted molar refractivity (Wildman–Crippen MR) is 160 cm³/mol. The third-order valence-electron chi connectivity index (χ3n) is 6.89. The summed E-state index contributed by atoms with van der Waals surface area (Å²) in [5, 5.41) is 14.3. The number of hydrogen-bond donors (Lipinski definition) is 4. The van der Waals surface area contributed by atoms with E-state index in [1.165, 1.54) is 0 Å². The van der Waals surface area contributed by atoms with Gasteiger partial charge in [0.1, 0.15) is 0 Å². The fourth-order valence-electron chi connectivity index (χ4n) is 4.98.